The Kier molecular flexibility index (Phi) is 4.72. The van der Waals surface area contributed by atoms with E-state index in [1.165, 1.54) is 12.1 Å². The molecule has 0 saturated heterocycles. The van der Waals surface area contributed by atoms with Gasteiger partial charge in [0.1, 0.15) is 11.4 Å². The number of phenols is 1. The Morgan fingerprint density at radius 3 is 2.59 bits per heavy atom. The van der Waals surface area contributed by atoms with Gasteiger partial charge in [-0.15, -0.1) is 0 Å². The van der Waals surface area contributed by atoms with Crippen LogP contribution in [0.3, 0.4) is 0 Å². The maximum Gasteiger partial charge on any atom is 0.280 e. The second-order valence-corrected chi connectivity index (χ2v) is 7.82. The molecular weight excluding hydrogens is 378 g/mol. The van der Waals surface area contributed by atoms with Gasteiger partial charge in [-0.2, -0.15) is 5.10 Å². The van der Waals surface area contributed by atoms with E-state index in [1.54, 1.807) is 19.1 Å². The summed E-state index contributed by atoms with van der Waals surface area (Å²) in [5, 5.41) is 16.9. The summed E-state index contributed by atoms with van der Waals surface area (Å²) in [6.07, 6.45) is -0.848. The van der Waals surface area contributed by atoms with Crippen molar-refractivity contribution in [2.45, 2.75) is 51.9 Å². The highest BCUT2D eigenvalue weighted by Crippen LogP contribution is 2.40. The second-order valence-electron chi connectivity index (χ2n) is 7.82. The maximum absolute atomic E-state index is 13.5. The zero-order chi connectivity index (χ0) is 20.9. The molecule has 0 bridgehead atoms. The van der Waals surface area contributed by atoms with Gasteiger partial charge in [0.05, 0.1) is 0 Å². The summed E-state index contributed by atoms with van der Waals surface area (Å²) in [6.45, 7) is 5.64. The third-order valence-electron chi connectivity index (χ3n) is 5.17. The SMILES string of the molecule is Cc1cc(O)c(C(C)C)cc1NC(=O)c1cc2nc(C3CC3)cc(C(F)F)n2n1. The Labute approximate surface area is 166 Å². The quantitative estimate of drug-likeness (QED) is 0.595. The molecule has 0 aliphatic heterocycles. The van der Waals surface area contributed by atoms with Crippen molar-refractivity contribution in [2.75, 3.05) is 5.32 Å². The van der Waals surface area contributed by atoms with Crippen LogP contribution in [0.4, 0.5) is 14.5 Å². The highest BCUT2D eigenvalue weighted by atomic mass is 19.3. The van der Waals surface area contributed by atoms with Gasteiger partial charge in [-0.1, -0.05) is 13.8 Å². The number of hydrogen-bond acceptors (Lipinski definition) is 4. The van der Waals surface area contributed by atoms with E-state index in [0.29, 0.717) is 22.5 Å². The molecule has 1 amide bonds. The number of alkyl halides is 2. The van der Waals surface area contributed by atoms with Crippen molar-refractivity contribution in [3.8, 4) is 5.75 Å². The lowest BCUT2D eigenvalue weighted by atomic mass is 9.99. The molecule has 8 heteroatoms. The van der Waals surface area contributed by atoms with Gasteiger partial charge in [0.25, 0.3) is 12.3 Å². The fourth-order valence-electron chi connectivity index (χ4n) is 3.37. The topological polar surface area (TPSA) is 79.5 Å². The molecule has 0 radical (unpaired) electrons. The molecule has 1 saturated carbocycles. The van der Waals surface area contributed by atoms with Crippen LogP contribution in [0, 0.1) is 6.92 Å². The molecule has 29 heavy (non-hydrogen) atoms. The van der Waals surface area contributed by atoms with Crippen LogP contribution < -0.4 is 5.32 Å². The lowest BCUT2D eigenvalue weighted by molar-refractivity contribution is 0.102. The molecule has 1 aliphatic carbocycles. The number of aromatic nitrogens is 3. The van der Waals surface area contributed by atoms with E-state index in [2.05, 4.69) is 15.4 Å². The molecule has 152 valence electrons. The van der Waals surface area contributed by atoms with Crippen molar-refractivity contribution in [1.29, 1.82) is 0 Å². The number of carbonyl (C=O) groups excluding carboxylic acids is 1. The number of aryl methyl sites for hydroxylation is 1. The molecule has 2 heterocycles. The predicted molar refractivity (Wildman–Crippen MR) is 105 cm³/mol. The zero-order valence-corrected chi connectivity index (χ0v) is 16.4. The summed E-state index contributed by atoms with van der Waals surface area (Å²) in [5.41, 5.74) is 2.53. The smallest absolute Gasteiger partial charge is 0.280 e. The van der Waals surface area contributed by atoms with Gasteiger partial charge in [-0.3, -0.25) is 4.79 Å². The summed E-state index contributed by atoms with van der Waals surface area (Å²) in [5.74, 6) is -0.0762. The molecule has 0 atom stereocenters. The Hall–Kier alpha value is -3.03. The number of aromatic hydroxyl groups is 1. The van der Waals surface area contributed by atoms with Crippen LogP contribution in [0.15, 0.2) is 24.3 Å². The Bertz CT molecular complexity index is 1100. The number of rotatable bonds is 5. The van der Waals surface area contributed by atoms with Crippen LogP contribution in [-0.4, -0.2) is 25.6 Å². The van der Waals surface area contributed by atoms with E-state index in [-0.39, 0.29) is 34.6 Å². The molecule has 3 aromatic rings. The first-order valence-corrected chi connectivity index (χ1v) is 9.58. The van der Waals surface area contributed by atoms with Gasteiger partial charge in [-0.05, 0) is 55.0 Å². The second kappa shape index (κ2) is 7.09. The maximum atomic E-state index is 13.5. The average Bonchev–Trinajstić information content (AvgIpc) is 3.41. The summed E-state index contributed by atoms with van der Waals surface area (Å²) >= 11 is 0. The molecule has 2 N–H and O–H groups in total. The lowest BCUT2D eigenvalue weighted by Crippen LogP contribution is -2.14. The number of halogens is 2. The minimum atomic E-state index is -2.72. The number of nitrogens with one attached hydrogen (secondary N) is 1. The number of nitrogens with zero attached hydrogens (tertiary/aromatic N) is 3. The number of phenolic OH excluding ortho intramolecular Hbond substituents is 1. The summed E-state index contributed by atoms with van der Waals surface area (Å²) < 4.78 is 28.1. The Morgan fingerprint density at radius 2 is 1.97 bits per heavy atom. The molecule has 0 unspecified atom stereocenters. The largest absolute Gasteiger partial charge is 0.508 e. The number of benzene rings is 1. The molecule has 0 spiro atoms. The fourth-order valence-corrected chi connectivity index (χ4v) is 3.37. The van der Waals surface area contributed by atoms with Crippen molar-refractivity contribution in [3.05, 3.63) is 52.5 Å². The minimum Gasteiger partial charge on any atom is -0.508 e. The van der Waals surface area contributed by atoms with Crippen LogP contribution in [0.1, 0.15) is 78.0 Å². The molecule has 4 rings (SSSR count). The molecule has 2 aromatic heterocycles. The molecule has 1 fully saturated rings. The van der Waals surface area contributed by atoms with E-state index < -0.39 is 12.3 Å². The van der Waals surface area contributed by atoms with E-state index in [1.807, 2.05) is 13.8 Å². The zero-order valence-electron chi connectivity index (χ0n) is 16.4. The summed E-state index contributed by atoms with van der Waals surface area (Å²) in [4.78, 5) is 17.2. The number of fused-ring (bicyclic) bond motifs is 1. The summed E-state index contributed by atoms with van der Waals surface area (Å²) in [6, 6.07) is 6.11. The van der Waals surface area contributed by atoms with Gasteiger partial charge in [0.2, 0.25) is 0 Å². The third kappa shape index (κ3) is 3.66. The number of anilines is 1. The van der Waals surface area contributed by atoms with Crippen LogP contribution in [0.2, 0.25) is 0 Å². The van der Waals surface area contributed by atoms with Crippen LogP contribution in [0.25, 0.3) is 5.65 Å². The highest BCUT2D eigenvalue weighted by molar-refractivity contribution is 6.04. The minimum absolute atomic E-state index is 0.00548. The van der Waals surface area contributed by atoms with Crippen LogP contribution in [0.5, 0.6) is 5.75 Å². The predicted octanol–water partition coefficient (Wildman–Crippen LogP) is 4.93. The first-order valence-electron chi connectivity index (χ1n) is 9.58. The van der Waals surface area contributed by atoms with Crippen LogP contribution in [-0.2, 0) is 0 Å². The molecular formula is C21H22F2N4O2. The van der Waals surface area contributed by atoms with E-state index >= 15 is 0 Å². The monoisotopic (exact) mass is 400 g/mol. The lowest BCUT2D eigenvalue weighted by Gasteiger charge is -2.14. The Morgan fingerprint density at radius 1 is 1.24 bits per heavy atom. The third-order valence-corrected chi connectivity index (χ3v) is 5.17. The summed E-state index contributed by atoms with van der Waals surface area (Å²) in [7, 11) is 0. The van der Waals surface area contributed by atoms with E-state index in [0.717, 1.165) is 17.4 Å². The van der Waals surface area contributed by atoms with E-state index in [4.69, 9.17) is 0 Å². The molecule has 1 aliphatic rings. The number of amides is 1. The molecule has 6 nitrogen and oxygen atoms in total. The normalized spacial score (nSPS) is 14.2. The van der Waals surface area contributed by atoms with Crippen molar-refractivity contribution < 1.29 is 18.7 Å². The standard InChI is InChI=1S/C21H22F2N4O2/c1-10(2)13-7-14(11(3)6-18(13)28)25-21(29)16-9-19-24-15(12-4-5-12)8-17(20(22)23)27(19)26-16/h6-10,12,20,28H,4-5H2,1-3H3,(H,25,29). The van der Waals surface area contributed by atoms with Gasteiger partial charge in [0, 0.05) is 23.4 Å². The number of carbonyl (C=O) groups is 1. The van der Waals surface area contributed by atoms with Gasteiger partial charge in [0.15, 0.2) is 11.3 Å². The van der Waals surface area contributed by atoms with Crippen molar-refractivity contribution in [3.63, 3.8) is 0 Å². The van der Waals surface area contributed by atoms with Crippen LogP contribution >= 0.6 is 0 Å². The van der Waals surface area contributed by atoms with Gasteiger partial charge in [-0.25, -0.2) is 18.3 Å². The first kappa shape index (κ1) is 19.3. The number of hydrogen-bond donors (Lipinski definition) is 2. The van der Waals surface area contributed by atoms with E-state index in [9.17, 15) is 18.7 Å². The highest BCUT2D eigenvalue weighted by Gasteiger charge is 2.28. The fraction of sp³-hybridized carbons (Fsp3) is 0.381. The van der Waals surface area contributed by atoms with Crippen molar-refractivity contribution >= 4 is 17.2 Å². The first-order chi connectivity index (χ1) is 13.7. The van der Waals surface area contributed by atoms with Crippen molar-refractivity contribution in [2.24, 2.45) is 0 Å². The average molecular weight is 400 g/mol. The van der Waals surface area contributed by atoms with Crippen molar-refractivity contribution in [1.82, 2.24) is 14.6 Å². The van der Waals surface area contributed by atoms with Gasteiger partial charge >= 0.3 is 0 Å². The molecule has 1 aromatic carbocycles. The Balaban J connectivity index is 1.69. The van der Waals surface area contributed by atoms with Gasteiger partial charge < -0.3 is 10.4 Å².